The standard InChI is InChI=1S/C19H24N2O4S2/c1-19(2,27(23)15-8-10-25-11-9-15)17(22)21-18-20-16(12-26-18)13-4-6-14(24-3)7-5-13/h4-7,12,15H,8-11H2,1-3H3,(H,20,21,22). The van der Waals surface area contributed by atoms with Crippen molar-refractivity contribution in [3.8, 4) is 17.0 Å². The fraction of sp³-hybridized carbons (Fsp3) is 0.474. The molecule has 0 aliphatic carbocycles. The lowest BCUT2D eigenvalue weighted by Crippen LogP contribution is -2.46. The van der Waals surface area contributed by atoms with Crippen molar-refractivity contribution in [2.24, 2.45) is 0 Å². The zero-order valence-corrected chi connectivity index (χ0v) is 17.3. The van der Waals surface area contributed by atoms with Gasteiger partial charge in [0.25, 0.3) is 0 Å². The summed E-state index contributed by atoms with van der Waals surface area (Å²) >= 11 is 1.35. The van der Waals surface area contributed by atoms with E-state index in [2.05, 4.69) is 10.3 Å². The van der Waals surface area contributed by atoms with Gasteiger partial charge in [0.2, 0.25) is 5.91 Å². The van der Waals surface area contributed by atoms with Crippen molar-refractivity contribution < 1.29 is 18.5 Å². The topological polar surface area (TPSA) is 77.5 Å². The van der Waals surface area contributed by atoms with Crippen molar-refractivity contribution in [3.05, 3.63) is 29.6 Å². The average Bonchev–Trinajstić information content (AvgIpc) is 3.16. The van der Waals surface area contributed by atoms with Crippen LogP contribution in [-0.4, -0.2) is 45.4 Å². The Labute approximate surface area is 165 Å². The molecule has 1 saturated heterocycles. The van der Waals surface area contributed by atoms with Crippen LogP contribution in [0.4, 0.5) is 5.13 Å². The van der Waals surface area contributed by atoms with E-state index in [1.54, 1.807) is 21.0 Å². The molecule has 0 saturated carbocycles. The molecule has 8 heteroatoms. The van der Waals surface area contributed by atoms with Gasteiger partial charge in [-0.05, 0) is 51.0 Å². The maximum absolute atomic E-state index is 12.9. The Balaban J connectivity index is 1.68. The fourth-order valence-corrected chi connectivity index (χ4v) is 5.27. The third-order valence-electron chi connectivity index (χ3n) is 4.63. The highest BCUT2D eigenvalue weighted by Crippen LogP contribution is 2.29. The summed E-state index contributed by atoms with van der Waals surface area (Å²) in [7, 11) is 0.340. The van der Waals surface area contributed by atoms with Gasteiger partial charge in [-0.2, -0.15) is 0 Å². The Bertz CT molecular complexity index is 811. The number of carbonyl (C=O) groups is 1. The number of nitrogens with zero attached hydrogens (tertiary/aromatic N) is 1. The van der Waals surface area contributed by atoms with Crippen molar-refractivity contribution in [2.45, 2.75) is 36.7 Å². The molecule has 1 N–H and O–H groups in total. The van der Waals surface area contributed by atoms with Gasteiger partial charge in [-0.3, -0.25) is 9.00 Å². The monoisotopic (exact) mass is 408 g/mol. The molecule has 6 nitrogen and oxygen atoms in total. The van der Waals surface area contributed by atoms with E-state index in [0.717, 1.165) is 29.8 Å². The van der Waals surface area contributed by atoms with E-state index in [9.17, 15) is 9.00 Å². The molecule has 1 unspecified atom stereocenters. The van der Waals surface area contributed by atoms with E-state index in [-0.39, 0.29) is 11.2 Å². The summed E-state index contributed by atoms with van der Waals surface area (Å²) in [6.45, 7) is 4.66. The quantitative estimate of drug-likeness (QED) is 0.792. The minimum Gasteiger partial charge on any atom is -0.497 e. The minimum absolute atomic E-state index is 0.00865. The summed E-state index contributed by atoms with van der Waals surface area (Å²) in [6, 6.07) is 7.58. The lowest BCUT2D eigenvalue weighted by atomic mass is 10.2. The minimum atomic E-state index is -1.28. The summed E-state index contributed by atoms with van der Waals surface area (Å²) in [5, 5.41) is 5.22. The first-order valence-corrected chi connectivity index (χ1v) is 10.9. The summed E-state index contributed by atoms with van der Waals surface area (Å²) in [4.78, 5) is 17.3. The lowest BCUT2D eigenvalue weighted by molar-refractivity contribution is -0.117. The summed E-state index contributed by atoms with van der Waals surface area (Å²) in [5.41, 5.74) is 1.72. The zero-order chi connectivity index (χ0) is 19.4. The number of aromatic nitrogens is 1. The van der Waals surface area contributed by atoms with Crippen LogP contribution >= 0.6 is 11.3 Å². The Kier molecular flexibility index (Phi) is 6.29. The Hall–Kier alpha value is -1.77. The molecular weight excluding hydrogens is 384 g/mol. The van der Waals surface area contributed by atoms with E-state index >= 15 is 0 Å². The van der Waals surface area contributed by atoms with Gasteiger partial charge < -0.3 is 14.8 Å². The first-order valence-electron chi connectivity index (χ1n) is 8.81. The molecule has 1 aromatic heterocycles. The van der Waals surface area contributed by atoms with Gasteiger partial charge in [-0.15, -0.1) is 11.3 Å². The highest BCUT2D eigenvalue weighted by Gasteiger charge is 2.39. The lowest BCUT2D eigenvalue weighted by Gasteiger charge is -2.30. The average molecular weight is 409 g/mol. The van der Waals surface area contributed by atoms with Gasteiger partial charge >= 0.3 is 0 Å². The van der Waals surface area contributed by atoms with Crippen molar-refractivity contribution in [1.82, 2.24) is 4.98 Å². The fourth-order valence-electron chi connectivity index (χ4n) is 2.87. The number of nitrogens with one attached hydrogen (secondary N) is 1. The van der Waals surface area contributed by atoms with Gasteiger partial charge in [0, 0.05) is 40.2 Å². The van der Waals surface area contributed by atoms with Crippen LogP contribution in [-0.2, 0) is 20.3 Å². The Morgan fingerprint density at radius 2 is 1.96 bits per heavy atom. The highest BCUT2D eigenvalue weighted by atomic mass is 32.2. The summed E-state index contributed by atoms with van der Waals surface area (Å²) < 4.78 is 22.4. The molecule has 1 aliphatic rings. The van der Waals surface area contributed by atoms with Crippen LogP contribution in [0.5, 0.6) is 5.75 Å². The van der Waals surface area contributed by atoms with E-state index in [1.807, 2.05) is 29.6 Å². The number of thiazole rings is 1. The normalized spacial score (nSPS) is 16.7. The molecule has 2 aromatic rings. The number of hydrogen-bond acceptors (Lipinski definition) is 6. The molecule has 0 radical (unpaired) electrons. The Morgan fingerprint density at radius 3 is 2.59 bits per heavy atom. The number of ether oxygens (including phenoxy) is 2. The van der Waals surface area contributed by atoms with Crippen molar-refractivity contribution in [1.29, 1.82) is 0 Å². The van der Waals surface area contributed by atoms with Crippen molar-refractivity contribution in [2.75, 3.05) is 25.6 Å². The van der Waals surface area contributed by atoms with E-state index in [0.29, 0.717) is 18.3 Å². The van der Waals surface area contributed by atoms with E-state index < -0.39 is 15.5 Å². The van der Waals surface area contributed by atoms with Crippen LogP contribution in [0.15, 0.2) is 29.6 Å². The van der Waals surface area contributed by atoms with Crippen molar-refractivity contribution in [3.63, 3.8) is 0 Å². The molecule has 2 heterocycles. The van der Waals surface area contributed by atoms with Crippen LogP contribution < -0.4 is 10.1 Å². The number of benzene rings is 1. The second kappa shape index (κ2) is 8.50. The molecule has 0 bridgehead atoms. The van der Waals surface area contributed by atoms with E-state index in [1.165, 1.54) is 11.3 Å². The number of methoxy groups -OCH3 is 1. The summed E-state index contributed by atoms with van der Waals surface area (Å²) in [5.74, 6) is 0.503. The predicted molar refractivity (Wildman–Crippen MR) is 109 cm³/mol. The maximum Gasteiger partial charge on any atom is 0.244 e. The van der Waals surface area contributed by atoms with Crippen LogP contribution in [0, 0.1) is 0 Å². The van der Waals surface area contributed by atoms with E-state index in [4.69, 9.17) is 9.47 Å². The van der Waals surface area contributed by atoms with Gasteiger partial charge in [0.1, 0.15) is 10.5 Å². The zero-order valence-electron chi connectivity index (χ0n) is 15.7. The number of rotatable bonds is 6. The third kappa shape index (κ3) is 4.56. The van der Waals surface area contributed by atoms with Crippen LogP contribution in [0.3, 0.4) is 0 Å². The summed E-state index contributed by atoms with van der Waals surface area (Å²) in [6.07, 6.45) is 1.45. The number of amides is 1. The third-order valence-corrected chi connectivity index (χ3v) is 7.66. The molecule has 1 aliphatic heterocycles. The first-order chi connectivity index (χ1) is 12.9. The van der Waals surface area contributed by atoms with Gasteiger partial charge in [0.15, 0.2) is 5.13 Å². The maximum atomic E-state index is 12.9. The van der Waals surface area contributed by atoms with Gasteiger partial charge in [0.05, 0.1) is 12.8 Å². The van der Waals surface area contributed by atoms with Crippen LogP contribution in [0.2, 0.25) is 0 Å². The van der Waals surface area contributed by atoms with Crippen molar-refractivity contribution >= 4 is 33.2 Å². The molecule has 1 fully saturated rings. The highest BCUT2D eigenvalue weighted by molar-refractivity contribution is 7.87. The van der Waals surface area contributed by atoms with Gasteiger partial charge in [-0.25, -0.2) is 4.98 Å². The van der Waals surface area contributed by atoms with Crippen LogP contribution in [0.1, 0.15) is 26.7 Å². The first kappa shape index (κ1) is 20.0. The largest absolute Gasteiger partial charge is 0.497 e. The van der Waals surface area contributed by atoms with Crippen LogP contribution in [0.25, 0.3) is 11.3 Å². The molecule has 1 aromatic carbocycles. The second-order valence-electron chi connectivity index (χ2n) is 6.84. The molecule has 1 atom stereocenters. The second-order valence-corrected chi connectivity index (χ2v) is 9.98. The number of hydrogen-bond donors (Lipinski definition) is 1. The predicted octanol–water partition coefficient (Wildman–Crippen LogP) is 3.46. The smallest absolute Gasteiger partial charge is 0.244 e. The van der Waals surface area contributed by atoms with Gasteiger partial charge in [-0.1, -0.05) is 0 Å². The molecule has 0 spiro atoms. The number of carbonyl (C=O) groups excluding carboxylic acids is 1. The SMILES string of the molecule is COc1ccc(-c2csc(NC(=O)C(C)(C)S(=O)C3CCOCC3)n2)cc1. The Morgan fingerprint density at radius 1 is 1.30 bits per heavy atom. The number of anilines is 1. The molecule has 3 rings (SSSR count). The molecular formula is C19H24N2O4S2. The molecule has 1 amide bonds. The molecule has 27 heavy (non-hydrogen) atoms. The molecule has 146 valence electrons.